The number of aromatic nitrogens is 2. The zero-order chi connectivity index (χ0) is 17.7. The van der Waals surface area contributed by atoms with E-state index in [0.29, 0.717) is 30.6 Å². The molecule has 0 radical (unpaired) electrons. The normalized spacial score (nSPS) is 28.1. The molecule has 1 aromatic rings. The van der Waals surface area contributed by atoms with Crippen LogP contribution in [0.1, 0.15) is 57.2 Å². The van der Waals surface area contributed by atoms with Gasteiger partial charge in [0.25, 0.3) is 5.91 Å². The Bertz CT molecular complexity index is 635. The Morgan fingerprint density at radius 1 is 1.46 bits per heavy atom. The summed E-state index contributed by atoms with van der Waals surface area (Å²) in [4.78, 5) is 15.0. The van der Waals surface area contributed by atoms with Gasteiger partial charge in [-0.1, -0.05) is 27.7 Å². The number of likely N-dealkylation sites (tertiary alicyclic amines) is 1. The number of carbonyl (C=O) groups excluding carboxylic acids is 1. The van der Waals surface area contributed by atoms with Crippen LogP contribution in [0, 0.1) is 22.7 Å². The van der Waals surface area contributed by atoms with Crippen molar-refractivity contribution in [3.8, 4) is 0 Å². The summed E-state index contributed by atoms with van der Waals surface area (Å²) in [5, 5.41) is 14.5. The van der Waals surface area contributed by atoms with Crippen LogP contribution >= 0.6 is 0 Å². The molecule has 0 spiro atoms. The molecule has 2 fully saturated rings. The number of aryl methyl sites for hydroxylation is 1. The van der Waals surface area contributed by atoms with Crippen molar-refractivity contribution in [1.82, 2.24) is 14.7 Å². The average molecular weight is 333 g/mol. The molecule has 1 aliphatic heterocycles. The van der Waals surface area contributed by atoms with Crippen molar-refractivity contribution < 1.29 is 9.90 Å². The van der Waals surface area contributed by atoms with Crippen LogP contribution in [-0.4, -0.2) is 45.4 Å². The fourth-order valence-electron chi connectivity index (χ4n) is 5.06. The Kier molecular flexibility index (Phi) is 4.27. The lowest BCUT2D eigenvalue weighted by atomic mass is 9.48. The Morgan fingerprint density at radius 3 is 2.67 bits per heavy atom. The fourth-order valence-corrected chi connectivity index (χ4v) is 5.06. The highest BCUT2D eigenvalue weighted by molar-refractivity contribution is 5.93. The smallest absolute Gasteiger partial charge is 0.272 e. The molecule has 134 valence electrons. The van der Waals surface area contributed by atoms with E-state index in [1.54, 1.807) is 0 Å². The van der Waals surface area contributed by atoms with E-state index in [0.717, 1.165) is 25.1 Å². The molecule has 0 unspecified atom stereocenters. The van der Waals surface area contributed by atoms with Gasteiger partial charge in [-0.3, -0.25) is 9.48 Å². The molecule has 3 rings (SSSR count). The lowest BCUT2D eigenvalue weighted by molar-refractivity contribution is -0.0977. The van der Waals surface area contributed by atoms with Gasteiger partial charge in [0.2, 0.25) is 0 Å². The summed E-state index contributed by atoms with van der Waals surface area (Å²) in [5.74, 6) is 0.985. The van der Waals surface area contributed by atoms with E-state index in [1.807, 2.05) is 22.6 Å². The minimum Gasteiger partial charge on any atom is -0.396 e. The number of aliphatic hydroxyl groups is 1. The summed E-state index contributed by atoms with van der Waals surface area (Å²) in [5.41, 5.74) is 1.82. The first kappa shape index (κ1) is 17.5. The molecule has 1 amide bonds. The zero-order valence-electron chi connectivity index (χ0n) is 15.7. The minimum absolute atomic E-state index is 0.0670. The zero-order valence-corrected chi connectivity index (χ0v) is 15.7. The minimum atomic E-state index is -0.0863. The van der Waals surface area contributed by atoms with Gasteiger partial charge in [-0.05, 0) is 43.1 Å². The monoisotopic (exact) mass is 333 g/mol. The molecule has 24 heavy (non-hydrogen) atoms. The molecule has 0 aromatic carbocycles. The lowest BCUT2D eigenvalue weighted by Crippen LogP contribution is -2.54. The Balaban J connectivity index is 1.82. The number of hydrogen-bond acceptors (Lipinski definition) is 3. The lowest BCUT2D eigenvalue weighted by Gasteiger charge is -2.55. The highest BCUT2D eigenvalue weighted by Gasteiger charge is 2.63. The van der Waals surface area contributed by atoms with E-state index in [4.69, 9.17) is 0 Å². The molecule has 1 aromatic heterocycles. The molecule has 2 heterocycles. The topological polar surface area (TPSA) is 58.4 Å². The summed E-state index contributed by atoms with van der Waals surface area (Å²) in [6, 6.07) is 1.96. The van der Waals surface area contributed by atoms with Gasteiger partial charge in [-0.15, -0.1) is 0 Å². The van der Waals surface area contributed by atoms with Crippen molar-refractivity contribution in [1.29, 1.82) is 0 Å². The van der Waals surface area contributed by atoms with Crippen molar-refractivity contribution in [2.45, 2.75) is 54.0 Å². The van der Waals surface area contributed by atoms with Gasteiger partial charge in [-0.2, -0.15) is 5.10 Å². The predicted octanol–water partition coefficient (Wildman–Crippen LogP) is 2.58. The molecule has 5 heteroatoms. The van der Waals surface area contributed by atoms with E-state index in [9.17, 15) is 9.90 Å². The van der Waals surface area contributed by atoms with Crippen molar-refractivity contribution in [3.05, 3.63) is 17.5 Å². The quantitative estimate of drug-likeness (QED) is 0.901. The molecule has 2 aliphatic rings. The molecule has 1 N–H and O–H groups in total. The Morgan fingerprint density at radius 2 is 2.17 bits per heavy atom. The summed E-state index contributed by atoms with van der Waals surface area (Å²) < 4.78 is 1.83. The molecule has 1 saturated heterocycles. The van der Waals surface area contributed by atoms with Crippen molar-refractivity contribution in [2.75, 3.05) is 19.7 Å². The van der Waals surface area contributed by atoms with Crippen LogP contribution < -0.4 is 0 Å². The van der Waals surface area contributed by atoms with Crippen molar-refractivity contribution >= 4 is 5.91 Å². The van der Waals surface area contributed by atoms with E-state index >= 15 is 0 Å². The Labute approximate surface area is 145 Å². The number of rotatable bonds is 5. The third kappa shape index (κ3) is 2.67. The van der Waals surface area contributed by atoms with Crippen LogP contribution in [0.15, 0.2) is 6.07 Å². The molecule has 1 saturated carbocycles. The standard InChI is InChI=1S/C19H31N3O2/c1-6-22-15(8-14(20-22)7-13(2)3)17(24)21-9-16-18(4,5)10-19(16,11-21)12-23/h8,13,16,23H,6-7,9-12H2,1-5H3/t16-,19-/m1/s1. The Hall–Kier alpha value is -1.36. The SMILES string of the molecule is CCn1nc(CC(C)C)cc1C(=O)N1C[C@@H]2C(C)(C)C[C@]2(CO)C1. The van der Waals surface area contributed by atoms with Gasteiger partial charge in [0.15, 0.2) is 0 Å². The highest BCUT2D eigenvalue weighted by atomic mass is 16.3. The second kappa shape index (κ2) is 5.87. The first-order valence-corrected chi connectivity index (χ1v) is 9.19. The van der Waals surface area contributed by atoms with E-state index in [-0.39, 0.29) is 23.3 Å². The summed E-state index contributed by atoms with van der Waals surface area (Å²) in [7, 11) is 0. The molecule has 2 atom stereocenters. The van der Waals surface area contributed by atoms with E-state index in [2.05, 4.69) is 32.8 Å². The second-order valence-electron chi connectivity index (χ2n) is 8.86. The number of hydrogen-bond donors (Lipinski definition) is 1. The molecule has 5 nitrogen and oxygen atoms in total. The number of fused-ring (bicyclic) bond motifs is 1. The van der Waals surface area contributed by atoms with E-state index in [1.165, 1.54) is 0 Å². The average Bonchev–Trinajstić information content (AvgIpc) is 3.05. The maximum Gasteiger partial charge on any atom is 0.272 e. The number of nitrogens with zero attached hydrogens (tertiary/aromatic N) is 3. The third-order valence-corrected chi connectivity index (χ3v) is 5.97. The predicted molar refractivity (Wildman–Crippen MR) is 93.8 cm³/mol. The van der Waals surface area contributed by atoms with Crippen LogP contribution in [0.5, 0.6) is 0 Å². The van der Waals surface area contributed by atoms with Crippen LogP contribution in [0.4, 0.5) is 0 Å². The highest BCUT2D eigenvalue weighted by Crippen LogP contribution is 2.62. The fraction of sp³-hybridized carbons (Fsp3) is 0.789. The van der Waals surface area contributed by atoms with Crippen LogP contribution in [-0.2, 0) is 13.0 Å². The van der Waals surface area contributed by atoms with Gasteiger partial charge in [-0.25, -0.2) is 0 Å². The van der Waals surface area contributed by atoms with Gasteiger partial charge in [0.05, 0.1) is 12.3 Å². The van der Waals surface area contributed by atoms with Gasteiger partial charge in [0.1, 0.15) is 5.69 Å². The van der Waals surface area contributed by atoms with Gasteiger partial charge < -0.3 is 10.0 Å². The molecule has 0 bridgehead atoms. The molecule has 1 aliphatic carbocycles. The van der Waals surface area contributed by atoms with Gasteiger partial charge in [0, 0.05) is 25.0 Å². The molecular weight excluding hydrogens is 302 g/mol. The third-order valence-electron chi connectivity index (χ3n) is 5.97. The van der Waals surface area contributed by atoms with Gasteiger partial charge >= 0.3 is 0 Å². The number of carbonyl (C=O) groups is 1. The summed E-state index contributed by atoms with van der Waals surface area (Å²) in [6.45, 7) is 13.1. The molecular formula is C19H31N3O2. The van der Waals surface area contributed by atoms with Crippen molar-refractivity contribution in [2.24, 2.45) is 22.7 Å². The summed E-state index contributed by atoms with van der Waals surface area (Å²) in [6.07, 6.45) is 1.89. The van der Waals surface area contributed by atoms with Crippen LogP contribution in [0.25, 0.3) is 0 Å². The van der Waals surface area contributed by atoms with Crippen molar-refractivity contribution in [3.63, 3.8) is 0 Å². The largest absolute Gasteiger partial charge is 0.396 e. The number of aliphatic hydroxyl groups excluding tert-OH is 1. The maximum atomic E-state index is 13.1. The first-order valence-electron chi connectivity index (χ1n) is 9.19. The van der Waals surface area contributed by atoms with E-state index < -0.39 is 0 Å². The number of amides is 1. The second-order valence-corrected chi connectivity index (χ2v) is 8.86. The maximum absolute atomic E-state index is 13.1. The first-order chi connectivity index (χ1) is 11.2. The van der Waals surface area contributed by atoms with Crippen LogP contribution in [0.3, 0.4) is 0 Å². The van der Waals surface area contributed by atoms with Crippen LogP contribution in [0.2, 0.25) is 0 Å². The summed E-state index contributed by atoms with van der Waals surface area (Å²) >= 11 is 0.